The molecule has 0 N–H and O–H groups in total. The number of nitrogens with zero attached hydrogens (tertiary/aromatic N) is 1. The third kappa shape index (κ3) is 4.77. The van der Waals surface area contributed by atoms with Gasteiger partial charge in [0.1, 0.15) is 12.4 Å². The number of ether oxygens (including phenoxy) is 3. The third-order valence-electron chi connectivity index (χ3n) is 3.43. The van der Waals surface area contributed by atoms with Crippen molar-refractivity contribution >= 4 is 34.2 Å². The molecular weight excluding hydrogens is 429 g/mol. The van der Waals surface area contributed by atoms with Gasteiger partial charge in [0, 0.05) is 0 Å². The molecule has 0 heterocycles. The summed E-state index contributed by atoms with van der Waals surface area (Å²) in [6.45, 7) is 4.05. The molecule has 0 spiro atoms. The van der Waals surface area contributed by atoms with Crippen LogP contribution in [0.2, 0.25) is 0 Å². The molecule has 0 aromatic heterocycles. The number of methoxy groups -OCH3 is 2. The van der Waals surface area contributed by atoms with E-state index in [0.717, 1.165) is 20.4 Å². The number of hydrogen-bond acceptors (Lipinski definition) is 4. The average molecular weight is 447 g/mol. The minimum absolute atomic E-state index is 0.400. The second-order valence-corrected chi connectivity index (χ2v) is 6.19. The van der Waals surface area contributed by atoms with Crippen molar-refractivity contribution in [3.8, 4) is 23.3 Å². The zero-order chi connectivity index (χ0) is 18.2. The zero-order valence-corrected chi connectivity index (χ0v) is 16.2. The molecule has 2 aromatic rings. The quantitative estimate of drug-likeness (QED) is 0.261. The van der Waals surface area contributed by atoms with Crippen LogP contribution in [0.1, 0.15) is 11.1 Å². The van der Waals surface area contributed by atoms with E-state index >= 15 is 0 Å². The molecule has 0 saturated heterocycles. The van der Waals surface area contributed by atoms with E-state index in [9.17, 15) is 5.26 Å². The van der Waals surface area contributed by atoms with Gasteiger partial charge in [0.25, 0.3) is 0 Å². The number of allylic oxidation sites excluding steroid dienone is 1. The normalized spacial score (nSPS) is 10.7. The Bertz CT molecular complexity index is 820. The van der Waals surface area contributed by atoms with E-state index in [-0.39, 0.29) is 0 Å². The number of halogens is 1. The van der Waals surface area contributed by atoms with E-state index in [2.05, 4.69) is 35.2 Å². The summed E-state index contributed by atoms with van der Waals surface area (Å²) >= 11 is 2.19. The Hall–Kier alpha value is -2.46. The van der Waals surface area contributed by atoms with E-state index in [1.54, 1.807) is 20.3 Å². The van der Waals surface area contributed by atoms with Gasteiger partial charge in [-0.05, 0) is 76.2 Å². The zero-order valence-electron chi connectivity index (χ0n) is 14.1. The standard InChI is InChI=1S/C20H18INO3/c1-4-9-25-20-18(21)11-14(12-19(20)24-3)10-16(13-22)15-5-7-17(23-2)8-6-15/h4-8,10-12H,1,9H2,2-3H3/b16-10+. The van der Waals surface area contributed by atoms with Crippen LogP contribution in [0.3, 0.4) is 0 Å². The molecule has 0 fully saturated rings. The first-order chi connectivity index (χ1) is 12.1. The maximum atomic E-state index is 9.52. The number of benzene rings is 2. The number of rotatable bonds is 7. The van der Waals surface area contributed by atoms with E-state index in [1.807, 2.05) is 42.5 Å². The topological polar surface area (TPSA) is 51.5 Å². The van der Waals surface area contributed by atoms with Gasteiger partial charge in [0.2, 0.25) is 0 Å². The molecule has 2 aromatic carbocycles. The van der Waals surface area contributed by atoms with Crippen molar-refractivity contribution in [2.75, 3.05) is 20.8 Å². The Kier molecular flexibility index (Phi) is 6.90. The minimum atomic E-state index is 0.400. The maximum absolute atomic E-state index is 9.52. The first-order valence-corrected chi connectivity index (χ1v) is 8.58. The van der Waals surface area contributed by atoms with Crippen molar-refractivity contribution in [1.29, 1.82) is 5.26 Å². The molecule has 4 nitrogen and oxygen atoms in total. The summed E-state index contributed by atoms with van der Waals surface area (Å²) in [5.41, 5.74) is 2.24. The molecule has 128 valence electrons. The molecule has 2 rings (SSSR count). The Morgan fingerprint density at radius 2 is 1.92 bits per heavy atom. The summed E-state index contributed by atoms with van der Waals surface area (Å²) < 4.78 is 17.1. The predicted molar refractivity (Wildman–Crippen MR) is 108 cm³/mol. The van der Waals surface area contributed by atoms with Gasteiger partial charge in [0.05, 0.1) is 29.4 Å². The van der Waals surface area contributed by atoms with E-state index in [1.165, 1.54) is 0 Å². The monoisotopic (exact) mass is 447 g/mol. The fourth-order valence-electron chi connectivity index (χ4n) is 2.22. The Balaban J connectivity index is 2.41. The van der Waals surface area contributed by atoms with Crippen molar-refractivity contribution < 1.29 is 14.2 Å². The van der Waals surface area contributed by atoms with Crippen LogP contribution in [-0.2, 0) is 0 Å². The lowest BCUT2D eigenvalue weighted by Gasteiger charge is -2.12. The minimum Gasteiger partial charge on any atom is -0.497 e. The fraction of sp³-hybridized carbons (Fsp3) is 0.150. The van der Waals surface area contributed by atoms with Crippen LogP contribution >= 0.6 is 22.6 Å². The van der Waals surface area contributed by atoms with Gasteiger partial charge in [-0.2, -0.15) is 5.26 Å². The SMILES string of the molecule is C=CCOc1c(I)cc(/C=C(\C#N)c2ccc(OC)cc2)cc1OC. The van der Waals surface area contributed by atoms with Gasteiger partial charge in [-0.1, -0.05) is 12.7 Å². The molecular formula is C20H18INO3. The average Bonchev–Trinajstić information content (AvgIpc) is 2.65. The molecule has 0 radical (unpaired) electrons. The van der Waals surface area contributed by atoms with Gasteiger partial charge in [-0.15, -0.1) is 0 Å². The smallest absolute Gasteiger partial charge is 0.174 e. The second kappa shape index (κ2) is 9.14. The summed E-state index contributed by atoms with van der Waals surface area (Å²) in [7, 11) is 3.20. The molecule has 25 heavy (non-hydrogen) atoms. The van der Waals surface area contributed by atoms with Crippen LogP contribution in [0.25, 0.3) is 11.6 Å². The Labute approximate surface area is 161 Å². The highest BCUT2D eigenvalue weighted by molar-refractivity contribution is 14.1. The second-order valence-electron chi connectivity index (χ2n) is 5.03. The highest BCUT2D eigenvalue weighted by Crippen LogP contribution is 2.35. The van der Waals surface area contributed by atoms with Crippen molar-refractivity contribution in [1.82, 2.24) is 0 Å². The van der Waals surface area contributed by atoms with Gasteiger partial charge < -0.3 is 14.2 Å². The molecule has 0 amide bonds. The van der Waals surface area contributed by atoms with E-state index in [4.69, 9.17) is 14.2 Å². The lowest BCUT2D eigenvalue weighted by atomic mass is 10.0. The van der Waals surface area contributed by atoms with Crippen LogP contribution in [0.4, 0.5) is 0 Å². The van der Waals surface area contributed by atoms with Gasteiger partial charge >= 0.3 is 0 Å². The van der Waals surface area contributed by atoms with Crippen LogP contribution in [0.5, 0.6) is 17.2 Å². The predicted octanol–water partition coefficient (Wildman–Crippen LogP) is 4.94. The highest BCUT2D eigenvalue weighted by atomic mass is 127. The third-order valence-corrected chi connectivity index (χ3v) is 4.23. The molecule has 0 aliphatic rings. The van der Waals surface area contributed by atoms with Crippen LogP contribution in [0, 0.1) is 14.9 Å². The first kappa shape index (κ1) is 18.9. The summed E-state index contributed by atoms with van der Waals surface area (Å²) in [6, 6.07) is 13.4. The van der Waals surface area contributed by atoms with Crippen LogP contribution in [-0.4, -0.2) is 20.8 Å². The van der Waals surface area contributed by atoms with Gasteiger partial charge in [-0.3, -0.25) is 0 Å². The van der Waals surface area contributed by atoms with Crippen molar-refractivity contribution in [3.63, 3.8) is 0 Å². The first-order valence-electron chi connectivity index (χ1n) is 7.50. The fourth-order valence-corrected chi connectivity index (χ4v) is 3.00. The highest BCUT2D eigenvalue weighted by Gasteiger charge is 2.11. The molecule has 0 bridgehead atoms. The maximum Gasteiger partial charge on any atom is 0.174 e. The molecule has 0 unspecified atom stereocenters. The number of hydrogen-bond donors (Lipinski definition) is 0. The van der Waals surface area contributed by atoms with Gasteiger partial charge in [-0.25, -0.2) is 0 Å². The largest absolute Gasteiger partial charge is 0.497 e. The summed E-state index contributed by atoms with van der Waals surface area (Å²) in [4.78, 5) is 0. The molecule has 0 atom stereocenters. The number of nitriles is 1. The summed E-state index contributed by atoms with van der Waals surface area (Å²) in [5.74, 6) is 2.04. The molecule has 0 saturated carbocycles. The lowest BCUT2D eigenvalue weighted by molar-refractivity contribution is 0.324. The van der Waals surface area contributed by atoms with E-state index < -0.39 is 0 Å². The lowest BCUT2D eigenvalue weighted by Crippen LogP contribution is -1.99. The summed E-state index contributed by atoms with van der Waals surface area (Å²) in [5, 5.41) is 9.52. The van der Waals surface area contributed by atoms with Crippen molar-refractivity contribution in [2.45, 2.75) is 0 Å². The van der Waals surface area contributed by atoms with Crippen molar-refractivity contribution in [2.24, 2.45) is 0 Å². The van der Waals surface area contributed by atoms with Crippen LogP contribution < -0.4 is 14.2 Å². The van der Waals surface area contributed by atoms with Crippen molar-refractivity contribution in [3.05, 3.63) is 63.8 Å². The Morgan fingerprint density at radius 1 is 1.20 bits per heavy atom. The summed E-state index contributed by atoms with van der Waals surface area (Å²) in [6.07, 6.45) is 3.50. The molecule has 5 heteroatoms. The molecule has 0 aliphatic heterocycles. The van der Waals surface area contributed by atoms with Gasteiger partial charge in [0.15, 0.2) is 11.5 Å². The molecule has 0 aliphatic carbocycles. The van der Waals surface area contributed by atoms with Crippen LogP contribution in [0.15, 0.2) is 49.1 Å². The van der Waals surface area contributed by atoms with E-state index in [0.29, 0.717) is 23.7 Å². The Morgan fingerprint density at radius 3 is 2.48 bits per heavy atom.